The van der Waals surface area contributed by atoms with Crippen LogP contribution in [0.3, 0.4) is 0 Å². The number of anilines is 1. The van der Waals surface area contributed by atoms with Gasteiger partial charge in [0.05, 0.1) is 17.1 Å². The van der Waals surface area contributed by atoms with E-state index in [-0.39, 0.29) is 30.5 Å². The molecule has 2 fully saturated rings. The summed E-state index contributed by atoms with van der Waals surface area (Å²) in [5.74, 6) is 0.697. The third-order valence-electron chi connectivity index (χ3n) is 5.57. The second-order valence-corrected chi connectivity index (χ2v) is 9.70. The molecule has 0 radical (unpaired) electrons. The van der Waals surface area contributed by atoms with Crippen LogP contribution in [0.15, 0.2) is 18.3 Å². The van der Waals surface area contributed by atoms with Crippen molar-refractivity contribution in [1.29, 1.82) is 0 Å². The number of piperidine rings is 1. The van der Waals surface area contributed by atoms with Crippen molar-refractivity contribution in [2.75, 3.05) is 49.5 Å². The van der Waals surface area contributed by atoms with E-state index in [1.807, 2.05) is 6.07 Å². The van der Waals surface area contributed by atoms with Gasteiger partial charge in [-0.2, -0.15) is 0 Å². The Morgan fingerprint density at radius 1 is 1.22 bits per heavy atom. The first-order valence-corrected chi connectivity index (χ1v) is 11.7. The lowest BCUT2D eigenvalue weighted by molar-refractivity contribution is 0.0770. The highest BCUT2D eigenvalue weighted by Crippen LogP contribution is 2.19. The van der Waals surface area contributed by atoms with Crippen LogP contribution < -0.4 is 5.32 Å². The fourth-order valence-electron chi connectivity index (χ4n) is 3.87. The van der Waals surface area contributed by atoms with Crippen LogP contribution in [-0.2, 0) is 9.84 Å². The summed E-state index contributed by atoms with van der Waals surface area (Å²) in [5, 5.41) is 3.34. The Kier molecular flexibility index (Phi) is 6.70. The predicted molar refractivity (Wildman–Crippen MR) is 107 cm³/mol. The molecule has 150 valence electrons. The Morgan fingerprint density at radius 3 is 2.67 bits per heavy atom. The third kappa shape index (κ3) is 5.42. The minimum Gasteiger partial charge on any atom is -0.369 e. The normalized spacial score (nSPS) is 23.1. The van der Waals surface area contributed by atoms with E-state index in [2.05, 4.69) is 22.1 Å². The van der Waals surface area contributed by atoms with Crippen LogP contribution in [0.1, 0.15) is 43.0 Å². The average Bonchev–Trinajstić information content (AvgIpc) is 2.68. The molecule has 27 heavy (non-hydrogen) atoms. The molecule has 1 aromatic heterocycles. The van der Waals surface area contributed by atoms with Crippen LogP contribution in [-0.4, -0.2) is 79.4 Å². The highest BCUT2D eigenvalue weighted by Gasteiger charge is 2.26. The Hall–Kier alpha value is -1.67. The number of likely N-dealkylation sites (tertiary alicyclic amines) is 1. The van der Waals surface area contributed by atoms with Gasteiger partial charge in [-0.25, -0.2) is 13.4 Å². The van der Waals surface area contributed by atoms with Crippen LogP contribution >= 0.6 is 0 Å². The van der Waals surface area contributed by atoms with Gasteiger partial charge in [-0.05, 0) is 37.9 Å². The van der Waals surface area contributed by atoms with Crippen molar-refractivity contribution in [1.82, 2.24) is 14.8 Å². The number of aromatic nitrogens is 1. The topological polar surface area (TPSA) is 82.6 Å². The van der Waals surface area contributed by atoms with Crippen LogP contribution in [0.5, 0.6) is 0 Å². The lowest BCUT2D eigenvalue weighted by atomic mass is 10.0. The van der Waals surface area contributed by atoms with Gasteiger partial charge in [0.2, 0.25) is 0 Å². The molecule has 0 aliphatic carbocycles. The van der Waals surface area contributed by atoms with Crippen LogP contribution in [0.2, 0.25) is 0 Å². The number of sulfone groups is 1. The second kappa shape index (κ2) is 9.01. The number of amides is 1. The zero-order chi connectivity index (χ0) is 19.3. The molecule has 0 spiro atoms. The monoisotopic (exact) mass is 394 g/mol. The first-order valence-electron chi connectivity index (χ1n) is 9.92. The van der Waals surface area contributed by atoms with E-state index >= 15 is 0 Å². The van der Waals surface area contributed by atoms with Crippen molar-refractivity contribution < 1.29 is 13.2 Å². The minimum atomic E-state index is -2.99. The molecule has 3 heterocycles. The minimum absolute atomic E-state index is 0.0427. The van der Waals surface area contributed by atoms with Crippen LogP contribution in [0.4, 0.5) is 5.82 Å². The van der Waals surface area contributed by atoms with Gasteiger partial charge in [0.25, 0.3) is 5.91 Å². The smallest absolute Gasteiger partial charge is 0.255 e. The lowest BCUT2D eigenvalue weighted by Crippen LogP contribution is -2.43. The first kappa shape index (κ1) is 20.1. The molecule has 1 unspecified atom stereocenters. The second-order valence-electron chi connectivity index (χ2n) is 7.40. The van der Waals surface area contributed by atoms with Crippen molar-refractivity contribution in [2.45, 2.75) is 38.6 Å². The number of hydrogen-bond donors (Lipinski definition) is 1. The van der Waals surface area contributed by atoms with Gasteiger partial charge in [0.1, 0.15) is 5.82 Å². The molecular formula is C19H30N4O3S. The van der Waals surface area contributed by atoms with Crippen molar-refractivity contribution in [3.05, 3.63) is 23.9 Å². The molecule has 2 saturated heterocycles. The molecule has 0 bridgehead atoms. The van der Waals surface area contributed by atoms with Crippen molar-refractivity contribution in [2.24, 2.45) is 0 Å². The molecule has 0 aromatic carbocycles. The molecule has 8 heteroatoms. The van der Waals surface area contributed by atoms with E-state index in [1.165, 1.54) is 32.2 Å². The summed E-state index contributed by atoms with van der Waals surface area (Å²) in [5.41, 5.74) is 0.502. The van der Waals surface area contributed by atoms with Gasteiger partial charge in [0, 0.05) is 38.4 Å². The quantitative estimate of drug-likeness (QED) is 0.790. The fraction of sp³-hybridized carbons (Fsp3) is 0.684. The molecule has 2 aliphatic heterocycles. The number of carbonyl (C=O) groups excluding carboxylic acids is 1. The zero-order valence-electron chi connectivity index (χ0n) is 16.1. The summed E-state index contributed by atoms with van der Waals surface area (Å²) in [4.78, 5) is 21.0. The van der Waals surface area contributed by atoms with E-state index in [1.54, 1.807) is 17.2 Å². The van der Waals surface area contributed by atoms with Gasteiger partial charge in [-0.15, -0.1) is 0 Å². The van der Waals surface area contributed by atoms with Crippen molar-refractivity contribution in [3.63, 3.8) is 0 Å². The molecule has 3 rings (SSSR count). The lowest BCUT2D eigenvalue weighted by Gasteiger charge is -2.35. The first-order chi connectivity index (χ1) is 13.0. The molecular weight excluding hydrogens is 364 g/mol. The number of nitrogens with one attached hydrogen (secondary N) is 1. The van der Waals surface area contributed by atoms with Crippen LogP contribution in [0.25, 0.3) is 0 Å². The van der Waals surface area contributed by atoms with Gasteiger partial charge in [-0.3, -0.25) is 9.69 Å². The van der Waals surface area contributed by atoms with E-state index in [9.17, 15) is 13.2 Å². The maximum absolute atomic E-state index is 12.5. The van der Waals surface area contributed by atoms with Gasteiger partial charge >= 0.3 is 0 Å². The molecule has 7 nitrogen and oxygen atoms in total. The third-order valence-corrected chi connectivity index (χ3v) is 7.18. The standard InChI is InChI=1S/C19H30N4O3S/c1-2-17-5-3-4-9-22(17)10-8-20-18-7-6-16(15-21-18)19(24)23-11-13-27(25,26)14-12-23/h6-7,15,17H,2-5,8-14H2,1H3,(H,20,21). The molecule has 1 aromatic rings. The van der Waals surface area contributed by atoms with E-state index in [4.69, 9.17) is 0 Å². The summed E-state index contributed by atoms with van der Waals surface area (Å²) < 4.78 is 23.0. The largest absolute Gasteiger partial charge is 0.369 e. The van der Waals surface area contributed by atoms with Crippen LogP contribution in [0, 0.1) is 0 Å². The summed E-state index contributed by atoms with van der Waals surface area (Å²) in [7, 11) is -2.99. The number of nitrogens with zero attached hydrogens (tertiary/aromatic N) is 3. The Morgan fingerprint density at radius 2 is 2.00 bits per heavy atom. The SMILES string of the molecule is CCC1CCCCN1CCNc1ccc(C(=O)N2CCS(=O)(=O)CC2)cn1. The number of pyridine rings is 1. The summed E-state index contributed by atoms with van der Waals surface area (Å²) in [6.07, 6.45) is 6.69. The average molecular weight is 395 g/mol. The van der Waals surface area contributed by atoms with Gasteiger partial charge in [0.15, 0.2) is 9.84 Å². The van der Waals surface area contributed by atoms with E-state index in [0.717, 1.165) is 18.9 Å². The summed E-state index contributed by atoms with van der Waals surface area (Å²) in [6.45, 7) is 5.78. The van der Waals surface area contributed by atoms with Crippen molar-refractivity contribution >= 4 is 21.6 Å². The predicted octanol–water partition coefficient (Wildman–Crippen LogP) is 1.63. The number of rotatable bonds is 6. The van der Waals surface area contributed by atoms with E-state index < -0.39 is 9.84 Å². The highest BCUT2D eigenvalue weighted by molar-refractivity contribution is 7.91. The maximum Gasteiger partial charge on any atom is 0.255 e. The Labute approximate surface area is 162 Å². The Balaban J connectivity index is 1.48. The number of carbonyl (C=O) groups is 1. The molecule has 1 amide bonds. The maximum atomic E-state index is 12.5. The summed E-state index contributed by atoms with van der Waals surface area (Å²) >= 11 is 0. The Bertz CT molecular complexity index is 722. The van der Waals surface area contributed by atoms with Gasteiger partial charge < -0.3 is 10.2 Å². The molecule has 1 N–H and O–H groups in total. The molecule has 0 saturated carbocycles. The van der Waals surface area contributed by atoms with Crippen molar-refractivity contribution in [3.8, 4) is 0 Å². The summed E-state index contributed by atoms with van der Waals surface area (Å²) in [6, 6.07) is 4.28. The highest BCUT2D eigenvalue weighted by atomic mass is 32.2. The number of hydrogen-bond acceptors (Lipinski definition) is 6. The van der Waals surface area contributed by atoms with Gasteiger partial charge in [-0.1, -0.05) is 13.3 Å². The fourth-order valence-corrected chi connectivity index (χ4v) is 5.07. The zero-order valence-corrected chi connectivity index (χ0v) is 16.9. The van der Waals surface area contributed by atoms with E-state index in [0.29, 0.717) is 11.6 Å². The molecule has 1 atom stereocenters. The molecule has 2 aliphatic rings.